The van der Waals surface area contributed by atoms with Gasteiger partial charge in [0.1, 0.15) is 23.1 Å². The minimum absolute atomic E-state index is 0.171. The lowest BCUT2D eigenvalue weighted by Crippen LogP contribution is -2.19. The normalized spacial score (nSPS) is 12.3. The number of hydrogen-bond acceptors (Lipinski definition) is 2. The fourth-order valence-electron chi connectivity index (χ4n) is 2.22. The van der Waals surface area contributed by atoms with Crippen LogP contribution in [0.1, 0.15) is 12.5 Å². The Bertz CT molecular complexity index is 601. The van der Waals surface area contributed by atoms with Gasteiger partial charge in [-0.1, -0.05) is 0 Å². The molecule has 0 heterocycles. The quantitative estimate of drug-likeness (QED) is 0.930. The molecule has 0 bridgehead atoms. The second-order valence-corrected chi connectivity index (χ2v) is 5.12. The van der Waals surface area contributed by atoms with Crippen molar-refractivity contribution in [2.45, 2.75) is 19.4 Å². The molecule has 1 atom stereocenters. The van der Waals surface area contributed by atoms with Crippen LogP contribution in [-0.2, 0) is 6.42 Å². The standard InChI is InChI=1S/C16H17F3N2/c1-10(20)7-11-8-14(18)16(15(19)9-11)21(2)13-5-3-12(17)4-6-13/h3-6,8-10H,7,20H2,1-2H3. The van der Waals surface area contributed by atoms with Crippen molar-refractivity contribution >= 4 is 11.4 Å². The molecular weight excluding hydrogens is 277 g/mol. The van der Waals surface area contributed by atoms with Gasteiger partial charge in [-0.25, -0.2) is 13.2 Å². The predicted octanol–water partition coefficient (Wildman–Crippen LogP) is 3.76. The second-order valence-electron chi connectivity index (χ2n) is 5.12. The number of benzene rings is 2. The molecule has 2 aromatic rings. The van der Waals surface area contributed by atoms with E-state index in [9.17, 15) is 13.2 Å². The highest BCUT2D eigenvalue weighted by molar-refractivity contribution is 5.64. The Morgan fingerprint density at radius 2 is 1.57 bits per heavy atom. The van der Waals surface area contributed by atoms with E-state index in [-0.39, 0.29) is 11.7 Å². The minimum Gasteiger partial charge on any atom is -0.340 e. The molecule has 0 spiro atoms. The van der Waals surface area contributed by atoms with E-state index in [1.165, 1.54) is 48.3 Å². The van der Waals surface area contributed by atoms with E-state index in [1.807, 2.05) is 0 Å². The van der Waals surface area contributed by atoms with Crippen molar-refractivity contribution < 1.29 is 13.2 Å². The summed E-state index contributed by atoms with van der Waals surface area (Å²) in [7, 11) is 1.53. The molecule has 0 aliphatic heterocycles. The Balaban J connectivity index is 2.37. The lowest BCUT2D eigenvalue weighted by atomic mass is 10.1. The van der Waals surface area contributed by atoms with Crippen molar-refractivity contribution in [2.75, 3.05) is 11.9 Å². The number of rotatable bonds is 4. The highest BCUT2D eigenvalue weighted by Crippen LogP contribution is 2.30. The lowest BCUT2D eigenvalue weighted by molar-refractivity contribution is 0.578. The monoisotopic (exact) mass is 294 g/mol. The summed E-state index contributed by atoms with van der Waals surface area (Å²) in [6, 6.07) is 7.79. The first kappa shape index (κ1) is 15.4. The molecule has 21 heavy (non-hydrogen) atoms. The number of hydrogen-bond donors (Lipinski definition) is 1. The van der Waals surface area contributed by atoms with Crippen LogP contribution in [0, 0.1) is 17.5 Å². The molecule has 0 saturated heterocycles. The van der Waals surface area contributed by atoms with Crippen LogP contribution in [-0.4, -0.2) is 13.1 Å². The summed E-state index contributed by atoms with van der Waals surface area (Å²) in [6.07, 6.45) is 0.397. The summed E-state index contributed by atoms with van der Waals surface area (Å²) in [5.74, 6) is -1.74. The van der Waals surface area contributed by atoms with E-state index in [0.717, 1.165) is 0 Å². The summed E-state index contributed by atoms with van der Waals surface area (Å²) in [5.41, 5.74) is 6.47. The highest BCUT2D eigenvalue weighted by atomic mass is 19.1. The van der Waals surface area contributed by atoms with Crippen molar-refractivity contribution in [3.05, 3.63) is 59.4 Å². The molecule has 5 heteroatoms. The summed E-state index contributed by atoms with van der Waals surface area (Å²) in [4.78, 5) is 1.35. The first-order chi connectivity index (χ1) is 9.88. The van der Waals surface area contributed by atoms with Gasteiger partial charge >= 0.3 is 0 Å². The molecule has 2 rings (SSSR count). The van der Waals surface area contributed by atoms with Gasteiger partial charge in [0.15, 0.2) is 0 Å². The van der Waals surface area contributed by atoms with Gasteiger partial charge in [-0.05, 0) is 55.3 Å². The SMILES string of the molecule is CC(N)Cc1cc(F)c(N(C)c2ccc(F)cc2)c(F)c1. The maximum Gasteiger partial charge on any atom is 0.150 e. The van der Waals surface area contributed by atoms with Gasteiger partial charge in [0.25, 0.3) is 0 Å². The van der Waals surface area contributed by atoms with E-state index in [4.69, 9.17) is 5.73 Å². The molecule has 2 aromatic carbocycles. The number of anilines is 2. The Morgan fingerprint density at radius 1 is 1.05 bits per heavy atom. The molecule has 0 aromatic heterocycles. The predicted molar refractivity (Wildman–Crippen MR) is 78.2 cm³/mol. The van der Waals surface area contributed by atoms with Crippen LogP contribution in [0.25, 0.3) is 0 Å². The molecule has 2 nitrogen and oxygen atoms in total. The third-order valence-corrected chi connectivity index (χ3v) is 3.18. The van der Waals surface area contributed by atoms with Crippen molar-refractivity contribution in [1.29, 1.82) is 0 Å². The first-order valence-corrected chi connectivity index (χ1v) is 6.61. The molecule has 0 aliphatic carbocycles. The van der Waals surface area contributed by atoms with E-state index in [2.05, 4.69) is 0 Å². The lowest BCUT2D eigenvalue weighted by Gasteiger charge is -2.21. The number of nitrogens with zero attached hydrogens (tertiary/aromatic N) is 1. The zero-order valence-corrected chi connectivity index (χ0v) is 11.9. The second kappa shape index (κ2) is 6.18. The van der Waals surface area contributed by atoms with Gasteiger partial charge in [0, 0.05) is 18.8 Å². The largest absolute Gasteiger partial charge is 0.340 e. The van der Waals surface area contributed by atoms with Gasteiger partial charge in [0.2, 0.25) is 0 Å². The Labute approximate surface area is 122 Å². The minimum atomic E-state index is -0.669. The average Bonchev–Trinajstić information content (AvgIpc) is 2.37. The van der Waals surface area contributed by atoms with Crippen LogP contribution in [0.3, 0.4) is 0 Å². The summed E-state index contributed by atoms with van der Waals surface area (Å²) < 4.78 is 41.3. The van der Waals surface area contributed by atoms with Crippen LogP contribution in [0.2, 0.25) is 0 Å². The summed E-state index contributed by atoms with van der Waals surface area (Å²) >= 11 is 0. The zero-order valence-electron chi connectivity index (χ0n) is 11.9. The van der Waals surface area contributed by atoms with Crippen molar-refractivity contribution in [3.63, 3.8) is 0 Å². The molecule has 1 unspecified atom stereocenters. The third-order valence-electron chi connectivity index (χ3n) is 3.18. The van der Waals surface area contributed by atoms with Crippen LogP contribution in [0.5, 0.6) is 0 Å². The first-order valence-electron chi connectivity index (χ1n) is 6.61. The maximum atomic E-state index is 14.2. The van der Waals surface area contributed by atoms with Gasteiger partial charge in [0.05, 0.1) is 0 Å². The summed E-state index contributed by atoms with van der Waals surface area (Å²) in [6.45, 7) is 1.77. The molecule has 0 radical (unpaired) electrons. The van der Waals surface area contributed by atoms with E-state index >= 15 is 0 Å². The molecule has 0 saturated carbocycles. The number of halogens is 3. The molecule has 2 N–H and O–H groups in total. The fourth-order valence-corrected chi connectivity index (χ4v) is 2.22. The zero-order chi connectivity index (χ0) is 15.6. The van der Waals surface area contributed by atoms with E-state index in [0.29, 0.717) is 17.7 Å². The maximum absolute atomic E-state index is 14.2. The smallest absolute Gasteiger partial charge is 0.150 e. The molecule has 0 fully saturated rings. The average molecular weight is 294 g/mol. The van der Waals surface area contributed by atoms with Gasteiger partial charge in [-0.15, -0.1) is 0 Å². The summed E-state index contributed by atoms with van der Waals surface area (Å²) in [5, 5.41) is 0. The van der Waals surface area contributed by atoms with E-state index < -0.39 is 17.5 Å². The third kappa shape index (κ3) is 3.55. The number of nitrogens with two attached hydrogens (primary N) is 1. The van der Waals surface area contributed by atoms with Gasteiger partial charge < -0.3 is 10.6 Å². The van der Waals surface area contributed by atoms with Gasteiger partial charge in [-0.2, -0.15) is 0 Å². The molecule has 0 amide bonds. The van der Waals surface area contributed by atoms with Crippen LogP contribution >= 0.6 is 0 Å². The van der Waals surface area contributed by atoms with Crippen molar-refractivity contribution in [2.24, 2.45) is 5.73 Å². The van der Waals surface area contributed by atoms with Crippen molar-refractivity contribution in [3.8, 4) is 0 Å². The molecular formula is C16H17F3N2. The van der Waals surface area contributed by atoms with Crippen LogP contribution in [0.15, 0.2) is 36.4 Å². The fraction of sp³-hybridized carbons (Fsp3) is 0.250. The Kier molecular flexibility index (Phi) is 4.53. The van der Waals surface area contributed by atoms with Crippen molar-refractivity contribution in [1.82, 2.24) is 0 Å². The highest BCUT2D eigenvalue weighted by Gasteiger charge is 2.17. The van der Waals surface area contributed by atoms with Crippen LogP contribution < -0.4 is 10.6 Å². The molecule has 0 aliphatic rings. The van der Waals surface area contributed by atoms with Gasteiger partial charge in [-0.3, -0.25) is 0 Å². The van der Waals surface area contributed by atoms with Crippen LogP contribution in [0.4, 0.5) is 24.5 Å². The molecule has 112 valence electrons. The Hall–Kier alpha value is -2.01. The topological polar surface area (TPSA) is 29.3 Å². The Morgan fingerprint density at radius 3 is 2.05 bits per heavy atom. The van der Waals surface area contributed by atoms with E-state index in [1.54, 1.807) is 6.92 Å².